The van der Waals surface area contributed by atoms with Crippen LogP contribution in [0.2, 0.25) is 0 Å². The molecule has 2 atom stereocenters. The average Bonchev–Trinajstić information content (AvgIpc) is 2.68. The van der Waals surface area contributed by atoms with Crippen molar-refractivity contribution in [2.45, 2.75) is 31.8 Å². The third-order valence-corrected chi connectivity index (χ3v) is 2.26. The highest BCUT2D eigenvalue weighted by atomic mass is 16.5. The van der Waals surface area contributed by atoms with Crippen LogP contribution in [-0.4, -0.2) is 33.4 Å². The number of esters is 1. The van der Waals surface area contributed by atoms with Gasteiger partial charge in [0.1, 0.15) is 18.2 Å². The number of hydrogen-bond acceptors (Lipinski definition) is 5. The number of carbonyl (C=O) groups is 1. The molecule has 1 rings (SSSR count). The van der Waals surface area contributed by atoms with E-state index < -0.39 is 11.5 Å². The number of methoxy groups -OCH3 is 1. The fraction of sp³-hybridized carbons (Fsp3) is 0.667. The van der Waals surface area contributed by atoms with Gasteiger partial charge in [0, 0.05) is 0 Å². The van der Waals surface area contributed by atoms with E-state index in [0.29, 0.717) is 6.42 Å². The molecule has 0 bridgehead atoms. The fourth-order valence-electron chi connectivity index (χ4n) is 1.47. The average molecular weight is 212 g/mol. The van der Waals surface area contributed by atoms with Gasteiger partial charge in [-0.15, -0.1) is 0 Å². The molecule has 0 fully saturated rings. The van der Waals surface area contributed by atoms with E-state index in [4.69, 9.17) is 5.73 Å². The van der Waals surface area contributed by atoms with Crippen LogP contribution >= 0.6 is 0 Å². The predicted molar refractivity (Wildman–Crippen MR) is 54.0 cm³/mol. The van der Waals surface area contributed by atoms with E-state index >= 15 is 0 Å². The molecule has 0 aliphatic carbocycles. The number of rotatable bonds is 4. The molecule has 0 saturated carbocycles. The lowest BCUT2D eigenvalue weighted by Crippen LogP contribution is -2.47. The molecule has 84 valence electrons. The standard InChI is InChI=1S/C9H16N4O2/c1-7(13-6-11-5-12-13)4-9(2,10)8(14)15-3/h5-7H,4,10H2,1-3H3. The van der Waals surface area contributed by atoms with E-state index in [0.717, 1.165) is 0 Å². The highest BCUT2D eigenvalue weighted by Gasteiger charge is 2.31. The fourth-order valence-corrected chi connectivity index (χ4v) is 1.47. The van der Waals surface area contributed by atoms with Crippen LogP contribution < -0.4 is 5.73 Å². The molecule has 0 spiro atoms. The van der Waals surface area contributed by atoms with Crippen LogP contribution in [0.15, 0.2) is 12.7 Å². The summed E-state index contributed by atoms with van der Waals surface area (Å²) in [6.45, 7) is 3.56. The van der Waals surface area contributed by atoms with Gasteiger partial charge in [0.05, 0.1) is 13.2 Å². The van der Waals surface area contributed by atoms with Gasteiger partial charge in [-0.3, -0.25) is 9.48 Å². The minimum absolute atomic E-state index is 0.00148. The maximum atomic E-state index is 11.3. The van der Waals surface area contributed by atoms with E-state index in [1.54, 1.807) is 17.9 Å². The lowest BCUT2D eigenvalue weighted by Gasteiger charge is -2.24. The summed E-state index contributed by atoms with van der Waals surface area (Å²) < 4.78 is 6.28. The van der Waals surface area contributed by atoms with Crippen LogP contribution in [0.4, 0.5) is 0 Å². The molecule has 2 unspecified atom stereocenters. The van der Waals surface area contributed by atoms with E-state index in [9.17, 15) is 4.79 Å². The van der Waals surface area contributed by atoms with Crippen molar-refractivity contribution in [1.82, 2.24) is 14.8 Å². The van der Waals surface area contributed by atoms with Crippen LogP contribution in [0.25, 0.3) is 0 Å². The van der Waals surface area contributed by atoms with Crippen molar-refractivity contribution in [3.05, 3.63) is 12.7 Å². The number of nitrogens with two attached hydrogens (primary N) is 1. The molecule has 1 heterocycles. The maximum absolute atomic E-state index is 11.3. The van der Waals surface area contributed by atoms with Crippen LogP contribution in [0, 0.1) is 0 Å². The zero-order valence-electron chi connectivity index (χ0n) is 9.17. The predicted octanol–water partition coefficient (Wildman–Crippen LogP) is 0.120. The smallest absolute Gasteiger partial charge is 0.325 e. The first-order valence-electron chi connectivity index (χ1n) is 4.69. The molecular weight excluding hydrogens is 196 g/mol. The summed E-state index contributed by atoms with van der Waals surface area (Å²) in [7, 11) is 1.33. The topological polar surface area (TPSA) is 83.0 Å². The van der Waals surface area contributed by atoms with Crippen molar-refractivity contribution in [1.29, 1.82) is 0 Å². The number of nitrogens with zero attached hydrogens (tertiary/aromatic N) is 3. The SMILES string of the molecule is COC(=O)C(C)(N)CC(C)n1cncn1. The van der Waals surface area contributed by atoms with E-state index in [2.05, 4.69) is 14.8 Å². The summed E-state index contributed by atoms with van der Waals surface area (Å²) in [6, 6.07) is 0.00148. The highest BCUT2D eigenvalue weighted by molar-refractivity contribution is 5.79. The second-order valence-corrected chi connectivity index (χ2v) is 3.84. The van der Waals surface area contributed by atoms with Crippen molar-refractivity contribution >= 4 is 5.97 Å². The first-order chi connectivity index (χ1) is 6.97. The number of aromatic nitrogens is 3. The number of carbonyl (C=O) groups excluding carboxylic acids is 1. The molecular formula is C9H16N4O2. The minimum Gasteiger partial charge on any atom is -0.468 e. The molecule has 0 radical (unpaired) electrons. The first-order valence-corrected chi connectivity index (χ1v) is 4.69. The van der Waals surface area contributed by atoms with Crippen LogP contribution in [-0.2, 0) is 9.53 Å². The Balaban J connectivity index is 2.65. The summed E-state index contributed by atoms with van der Waals surface area (Å²) in [5, 5.41) is 3.98. The van der Waals surface area contributed by atoms with Crippen molar-refractivity contribution in [2.75, 3.05) is 7.11 Å². The lowest BCUT2D eigenvalue weighted by molar-refractivity contribution is -0.147. The Bertz CT molecular complexity index is 321. The van der Waals surface area contributed by atoms with Crippen LogP contribution in [0.5, 0.6) is 0 Å². The van der Waals surface area contributed by atoms with Gasteiger partial charge >= 0.3 is 5.97 Å². The molecule has 0 aromatic carbocycles. The van der Waals surface area contributed by atoms with Gasteiger partial charge in [0.2, 0.25) is 0 Å². The molecule has 1 aromatic rings. The Morgan fingerprint density at radius 2 is 2.40 bits per heavy atom. The molecule has 0 aliphatic rings. The van der Waals surface area contributed by atoms with Crippen molar-refractivity contribution in [3.63, 3.8) is 0 Å². The van der Waals surface area contributed by atoms with Crippen LogP contribution in [0.1, 0.15) is 26.3 Å². The highest BCUT2D eigenvalue weighted by Crippen LogP contribution is 2.18. The van der Waals surface area contributed by atoms with Crippen molar-refractivity contribution < 1.29 is 9.53 Å². The monoisotopic (exact) mass is 212 g/mol. The Morgan fingerprint density at radius 3 is 2.87 bits per heavy atom. The second kappa shape index (κ2) is 4.39. The maximum Gasteiger partial charge on any atom is 0.325 e. The molecule has 6 heteroatoms. The molecule has 1 aromatic heterocycles. The molecule has 0 amide bonds. The van der Waals surface area contributed by atoms with Gasteiger partial charge in [0.25, 0.3) is 0 Å². The van der Waals surface area contributed by atoms with Gasteiger partial charge in [-0.1, -0.05) is 0 Å². The first kappa shape index (κ1) is 11.6. The molecule has 6 nitrogen and oxygen atoms in total. The normalized spacial score (nSPS) is 16.8. The van der Waals surface area contributed by atoms with Gasteiger partial charge in [-0.2, -0.15) is 5.10 Å². The molecule has 0 saturated heterocycles. The Labute approximate surface area is 88.4 Å². The van der Waals surface area contributed by atoms with Crippen LogP contribution in [0.3, 0.4) is 0 Å². The van der Waals surface area contributed by atoms with Gasteiger partial charge in [-0.25, -0.2) is 4.98 Å². The zero-order valence-corrected chi connectivity index (χ0v) is 9.17. The summed E-state index contributed by atoms with van der Waals surface area (Å²) in [4.78, 5) is 15.2. The third kappa shape index (κ3) is 2.76. The van der Waals surface area contributed by atoms with E-state index in [-0.39, 0.29) is 6.04 Å². The molecule has 15 heavy (non-hydrogen) atoms. The van der Waals surface area contributed by atoms with E-state index in [1.165, 1.54) is 13.4 Å². The second-order valence-electron chi connectivity index (χ2n) is 3.84. The number of ether oxygens (including phenoxy) is 1. The zero-order chi connectivity index (χ0) is 11.5. The molecule has 2 N–H and O–H groups in total. The summed E-state index contributed by atoms with van der Waals surface area (Å²) in [5.74, 6) is -0.422. The summed E-state index contributed by atoms with van der Waals surface area (Å²) in [6.07, 6.45) is 3.49. The number of hydrogen-bond donors (Lipinski definition) is 1. The van der Waals surface area contributed by atoms with E-state index in [1.807, 2.05) is 6.92 Å². The summed E-state index contributed by atoms with van der Waals surface area (Å²) in [5.41, 5.74) is 4.84. The van der Waals surface area contributed by atoms with Crippen molar-refractivity contribution in [2.24, 2.45) is 5.73 Å². The minimum atomic E-state index is -1.000. The Morgan fingerprint density at radius 1 is 1.73 bits per heavy atom. The third-order valence-electron chi connectivity index (χ3n) is 2.26. The lowest BCUT2D eigenvalue weighted by atomic mass is 9.95. The Hall–Kier alpha value is -1.43. The molecule has 0 aliphatic heterocycles. The van der Waals surface area contributed by atoms with Gasteiger partial charge in [-0.05, 0) is 20.3 Å². The summed E-state index contributed by atoms with van der Waals surface area (Å²) >= 11 is 0. The largest absolute Gasteiger partial charge is 0.468 e. The van der Waals surface area contributed by atoms with Gasteiger partial charge < -0.3 is 10.5 Å². The Kier molecular flexibility index (Phi) is 3.41. The van der Waals surface area contributed by atoms with Gasteiger partial charge in [0.15, 0.2) is 0 Å². The van der Waals surface area contributed by atoms with Crippen molar-refractivity contribution in [3.8, 4) is 0 Å². The quantitative estimate of drug-likeness (QED) is 0.717.